The number of rotatable bonds is 4. The number of hydrogen-bond acceptors (Lipinski definition) is 4. The average Bonchev–Trinajstić information content (AvgIpc) is 2.37. The highest BCUT2D eigenvalue weighted by Crippen LogP contribution is 2.25. The highest BCUT2D eigenvalue weighted by molar-refractivity contribution is 5.84. The Hall–Kier alpha value is -1.62. The lowest BCUT2D eigenvalue weighted by atomic mass is 9.99. The molecule has 2 aromatic carbocycles. The van der Waals surface area contributed by atoms with Gasteiger partial charge in [0.25, 0.3) is 0 Å². The second-order valence-electron chi connectivity index (χ2n) is 4.38. The number of benzene rings is 2. The molecule has 0 aromatic heterocycles. The predicted molar refractivity (Wildman–Crippen MR) is 70.3 cm³/mol. The molecule has 2 unspecified atom stereocenters. The second kappa shape index (κ2) is 5.35. The van der Waals surface area contributed by atoms with E-state index in [0.717, 1.165) is 10.8 Å². The van der Waals surface area contributed by atoms with Crippen LogP contribution in [0.15, 0.2) is 36.4 Å². The zero-order valence-corrected chi connectivity index (χ0v) is 9.95. The van der Waals surface area contributed by atoms with Crippen LogP contribution < -0.4 is 5.73 Å². The fraction of sp³-hybridized carbons (Fsp3) is 0.286. The molecule has 0 aliphatic heterocycles. The lowest BCUT2D eigenvalue weighted by Crippen LogP contribution is -2.21. The standard InChI is InChI=1S/C14H17NO3/c15-6-5-13(17)14(18)11-2-1-10-8-12(16)4-3-9(10)7-11/h1-4,7-8,13-14,16-18H,5-6,15H2. The molecule has 2 aromatic rings. The topological polar surface area (TPSA) is 86.7 Å². The van der Waals surface area contributed by atoms with Gasteiger partial charge in [0.2, 0.25) is 0 Å². The number of nitrogens with two attached hydrogens (primary N) is 1. The number of aliphatic hydroxyl groups is 2. The first-order valence-electron chi connectivity index (χ1n) is 5.90. The van der Waals surface area contributed by atoms with Crippen molar-refractivity contribution < 1.29 is 15.3 Å². The van der Waals surface area contributed by atoms with E-state index >= 15 is 0 Å². The Kier molecular flexibility index (Phi) is 3.81. The minimum Gasteiger partial charge on any atom is -0.508 e. The van der Waals surface area contributed by atoms with Crippen LogP contribution in [-0.4, -0.2) is 28.0 Å². The Morgan fingerprint density at radius 2 is 1.67 bits per heavy atom. The number of fused-ring (bicyclic) bond motifs is 1. The molecule has 4 heteroatoms. The molecule has 0 aliphatic rings. The monoisotopic (exact) mass is 247 g/mol. The Labute approximate surface area is 105 Å². The quantitative estimate of drug-likeness (QED) is 0.655. The van der Waals surface area contributed by atoms with E-state index in [4.69, 9.17) is 5.73 Å². The van der Waals surface area contributed by atoms with E-state index in [-0.39, 0.29) is 5.75 Å². The number of hydrogen-bond donors (Lipinski definition) is 4. The van der Waals surface area contributed by atoms with Gasteiger partial charge < -0.3 is 21.1 Å². The van der Waals surface area contributed by atoms with Gasteiger partial charge >= 0.3 is 0 Å². The third kappa shape index (κ3) is 2.61. The van der Waals surface area contributed by atoms with Gasteiger partial charge in [0.15, 0.2) is 0 Å². The molecule has 0 spiro atoms. The van der Waals surface area contributed by atoms with Gasteiger partial charge in [0.1, 0.15) is 11.9 Å². The van der Waals surface area contributed by atoms with Crippen molar-refractivity contribution in [3.63, 3.8) is 0 Å². The Balaban J connectivity index is 2.32. The van der Waals surface area contributed by atoms with E-state index in [1.165, 1.54) is 0 Å². The largest absolute Gasteiger partial charge is 0.508 e. The molecule has 0 aliphatic carbocycles. The zero-order valence-electron chi connectivity index (χ0n) is 9.95. The molecule has 4 nitrogen and oxygen atoms in total. The first kappa shape index (κ1) is 12.8. The van der Waals surface area contributed by atoms with Crippen LogP contribution in [0.4, 0.5) is 0 Å². The summed E-state index contributed by atoms with van der Waals surface area (Å²) in [6.45, 7) is 0.333. The third-order valence-corrected chi connectivity index (χ3v) is 3.02. The molecule has 2 atom stereocenters. The van der Waals surface area contributed by atoms with Crippen molar-refractivity contribution >= 4 is 10.8 Å². The Morgan fingerprint density at radius 1 is 1.00 bits per heavy atom. The molecule has 96 valence electrons. The molecular formula is C14H17NO3. The van der Waals surface area contributed by atoms with E-state index in [9.17, 15) is 15.3 Å². The molecule has 18 heavy (non-hydrogen) atoms. The summed E-state index contributed by atoms with van der Waals surface area (Å²) in [6.07, 6.45) is -1.44. The minimum atomic E-state index is -0.938. The number of aliphatic hydroxyl groups excluding tert-OH is 2. The van der Waals surface area contributed by atoms with Gasteiger partial charge in [-0.25, -0.2) is 0 Å². The molecule has 0 fully saturated rings. The molecule has 0 radical (unpaired) electrons. The third-order valence-electron chi connectivity index (χ3n) is 3.02. The van der Waals surface area contributed by atoms with Gasteiger partial charge in [0, 0.05) is 0 Å². The minimum absolute atomic E-state index is 0.207. The van der Waals surface area contributed by atoms with Crippen molar-refractivity contribution in [2.75, 3.05) is 6.54 Å². The van der Waals surface area contributed by atoms with E-state index in [1.807, 2.05) is 6.07 Å². The van der Waals surface area contributed by atoms with Crippen LogP contribution in [0.1, 0.15) is 18.1 Å². The number of aromatic hydroxyl groups is 1. The van der Waals surface area contributed by atoms with Crippen molar-refractivity contribution in [3.05, 3.63) is 42.0 Å². The fourth-order valence-corrected chi connectivity index (χ4v) is 1.99. The van der Waals surface area contributed by atoms with Crippen LogP contribution in [0.5, 0.6) is 5.75 Å². The summed E-state index contributed by atoms with van der Waals surface area (Å²) in [7, 11) is 0. The van der Waals surface area contributed by atoms with Gasteiger partial charge in [-0.2, -0.15) is 0 Å². The van der Waals surface area contributed by atoms with Crippen LogP contribution in [0.2, 0.25) is 0 Å². The van der Waals surface area contributed by atoms with Crippen LogP contribution in [0, 0.1) is 0 Å². The summed E-state index contributed by atoms with van der Waals surface area (Å²) in [4.78, 5) is 0. The van der Waals surface area contributed by atoms with Crippen LogP contribution in [-0.2, 0) is 0 Å². The Morgan fingerprint density at radius 3 is 2.39 bits per heavy atom. The molecule has 0 heterocycles. The predicted octanol–water partition coefficient (Wildman–Crippen LogP) is 1.29. The van der Waals surface area contributed by atoms with Gasteiger partial charge in [-0.1, -0.05) is 18.2 Å². The summed E-state index contributed by atoms with van der Waals surface area (Å²) >= 11 is 0. The van der Waals surface area contributed by atoms with E-state index < -0.39 is 12.2 Å². The van der Waals surface area contributed by atoms with Crippen LogP contribution >= 0.6 is 0 Å². The SMILES string of the molecule is NCCC(O)C(O)c1ccc2cc(O)ccc2c1. The van der Waals surface area contributed by atoms with Crippen LogP contribution in [0.25, 0.3) is 10.8 Å². The lowest BCUT2D eigenvalue weighted by Gasteiger charge is -2.17. The van der Waals surface area contributed by atoms with E-state index in [2.05, 4.69) is 0 Å². The van der Waals surface area contributed by atoms with E-state index in [0.29, 0.717) is 18.5 Å². The van der Waals surface area contributed by atoms with Gasteiger partial charge in [-0.15, -0.1) is 0 Å². The first-order valence-corrected chi connectivity index (χ1v) is 5.90. The van der Waals surface area contributed by atoms with Crippen molar-refractivity contribution in [2.45, 2.75) is 18.6 Å². The van der Waals surface area contributed by atoms with Crippen molar-refractivity contribution in [1.82, 2.24) is 0 Å². The highest BCUT2D eigenvalue weighted by Gasteiger charge is 2.17. The highest BCUT2D eigenvalue weighted by atomic mass is 16.3. The summed E-state index contributed by atoms with van der Waals surface area (Å²) in [5, 5.41) is 30.9. The van der Waals surface area contributed by atoms with Crippen molar-refractivity contribution in [1.29, 1.82) is 0 Å². The maximum atomic E-state index is 9.98. The van der Waals surface area contributed by atoms with Gasteiger partial charge in [0.05, 0.1) is 6.10 Å². The first-order chi connectivity index (χ1) is 8.61. The Bertz CT molecular complexity index is 542. The molecular weight excluding hydrogens is 230 g/mol. The number of phenolic OH excluding ortho intramolecular Hbond substituents is 1. The zero-order chi connectivity index (χ0) is 13.1. The normalized spacial score (nSPS) is 14.6. The average molecular weight is 247 g/mol. The molecule has 0 saturated heterocycles. The maximum Gasteiger partial charge on any atom is 0.116 e. The molecule has 0 saturated carbocycles. The lowest BCUT2D eigenvalue weighted by molar-refractivity contribution is 0.0151. The van der Waals surface area contributed by atoms with Gasteiger partial charge in [-0.05, 0) is 47.5 Å². The fourth-order valence-electron chi connectivity index (χ4n) is 1.99. The van der Waals surface area contributed by atoms with E-state index in [1.54, 1.807) is 30.3 Å². The molecule has 0 bridgehead atoms. The summed E-state index contributed by atoms with van der Waals surface area (Å²) in [5.74, 6) is 0.207. The second-order valence-corrected chi connectivity index (χ2v) is 4.38. The molecule has 0 amide bonds. The van der Waals surface area contributed by atoms with Crippen molar-refractivity contribution in [2.24, 2.45) is 5.73 Å². The van der Waals surface area contributed by atoms with Gasteiger partial charge in [-0.3, -0.25) is 0 Å². The summed E-state index contributed by atoms with van der Waals surface area (Å²) in [5.41, 5.74) is 6.00. The van der Waals surface area contributed by atoms with Crippen molar-refractivity contribution in [3.8, 4) is 5.75 Å². The summed E-state index contributed by atoms with van der Waals surface area (Å²) < 4.78 is 0. The van der Waals surface area contributed by atoms with Crippen LogP contribution in [0.3, 0.4) is 0 Å². The molecule has 5 N–H and O–H groups in total. The summed E-state index contributed by atoms with van der Waals surface area (Å²) in [6, 6.07) is 10.4. The smallest absolute Gasteiger partial charge is 0.116 e. The maximum absolute atomic E-state index is 9.98. The number of phenols is 1. The molecule has 2 rings (SSSR count).